The summed E-state index contributed by atoms with van der Waals surface area (Å²) in [6, 6.07) is 18.1. The minimum absolute atomic E-state index is 0.127. The normalized spacial score (nSPS) is 11.2. The highest BCUT2D eigenvalue weighted by atomic mass is 35.5. The zero-order valence-electron chi connectivity index (χ0n) is 21.8. The lowest BCUT2D eigenvalue weighted by Crippen LogP contribution is -2.21. The number of likely N-dealkylation sites (N-methyl/N-ethyl adjacent to an activating group) is 1. The molecule has 1 heterocycles. The first-order valence-electron chi connectivity index (χ1n) is 12.1. The van der Waals surface area contributed by atoms with E-state index in [4.69, 9.17) is 11.6 Å². The number of hydrazone groups is 1. The van der Waals surface area contributed by atoms with Gasteiger partial charge < -0.3 is 15.3 Å². The number of anilines is 1. The number of tetrazole rings is 1. The van der Waals surface area contributed by atoms with Gasteiger partial charge in [-0.2, -0.15) is 5.10 Å². The number of phenolic OH excluding ortho intramolecular Hbond substituents is 1. The van der Waals surface area contributed by atoms with Crippen molar-refractivity contribution in [1.29, 1.82) is 0 Å². The molecular weight excluding hydrogens is 552 g/mol. The summed E-state index contributed by atoms with van der Waals surface area (Å²) >= 11 is 7.61. The van der Waals surface area contributed by atoms with Crippen LogP contribution < -0.4 is 10.7 Å². The van der Waals surface area contributed by atoms with Crippen LogP contribution in [0.5, 0.6) is 5.75 Å². The smallest absolute Gasteiger partial charge is 0.273 e. The third-order valence-electron chi connectivity index (χ3n) is 5.56. The van der Waals surface area contributed by atoms with E-state index in [1.165, 1.54) is 36.2 Å². The van der Waals surface area contributed by atoms with Gasteiger partial charge in [0.05, 0.1) is 24.0 Å². The van der Waals surface area contributed by atoms with E-state index in [1.54, 1.807) is 47.1 Å². The molecule has 0 fully saturated rings. The summed E-state index contributed by atoms with van der Waals surface area (Å²) in [5.41, 5.74) is 4.90. The number of hydrogen-bond donors (Lipinski definition) is 3. The molecule has 206 valence electrons. The summed E-state index contributed by atoms with van der Waals surface area (Å²) in [5, 5.41) is 29.1. The maximum absolute atomic E-state index is 13.1. The summed E-state index contributed by atoms with van der Waals surface area (Å²) in [4.78, 5) is 28.0. The van der Waals surface area contributed by atoms with E-state index in [-0.39, 0.29) is 22.9 Å². The minimum atomic E-state index is -0.551. The van der Waals surface area contributed by atoms with Gasteiger partial charge in [0.15, 0.2) is 0 Å². The Kier molecular flexibility index (Phi) is 9.84. The monoisotopic (exact) mass is 578 g/mol. The van der Waals surface area contributed by atoms with E-state index < -0.39 is 5.91 Å². The first kappa shape index (κ1) is 28.7. The van der Waals surface area contributed by atoms with Gasteiger partial charge in [-0.3, -0.25) is 9.59 Å². The van der Waals surface area contributed by atoms with Gasteiger partial charge >= 0.3 is 0 Å². The highest BCUT2D eigenvalue weighted by Crippen LogP contribution is 2.23. The molecule has 4 rings (SSSR count). The molecule has 0 radical (unpaired) electrons. The number of phenols is 1. The summed E-state index contributed by atoms with van der Waals surface area (Å²) in [6.45, 7) is 1.48. The molecule has 0 aliphatic carbocycles. The lowest BCUT2D eigenvalue weighted by molar-refractivity contribution is 0.0956. The lowest BCUT2D eigenvalue weighted by Gasteiger charge is -2.12. The van der Waals surface area contributed by atoms with E-state index >= 15 is 0 Å². The van der Waals surface area contributed by atoms with Gasteiger partial charge in [0.25, 0.3) is 11.8 Å². The Labute approximate surface area is 240 Å². The second-order valence-electron chi connectivity index (χ2n) is 8.91. The molecular formula is C27H27ClN8O3S. The predicted molar refractivity (Wildman–Crippen MR) is 155 cm³/mol. The van der Waals surface area contributed by atoms with Gasteiger partial charge in [0.2, 0.25) is 5.16 Å². The van der Waals surface area contributed by atoms with Gasteiger partial charge in [-0.25, -0.2) is 10.1 Å². The molecule has 1 aromatic heterocycles. The van der Waals surface area contributed by atoms with Crippen LogP contribution in [0.1, 0.15) is 31.8 Å². The van der Waals surface area contributed by atoms with E-state index in [0.29, 0.717) is 33.6 Å². The van der Waals surface area contributed by atoms with Crippen molar-refractivity contribution in [2.24, 2.45) is 5.10 Å². The van der Waals surface area contributed by atoms with Crippen molar-refractivity contribution >= 4 is 47.1 Å². The number of halogens is 1. The van der Waals surface area contributed by atoms with Gasteiger partial charge in [-0.15, -0.1) is 5.10 Å². The van der Waals surface area contributed by atoms with E-state index in [0.717, 1.165) is 12.1 Å². The summed E-state index contributed by atoms with van der Waals surface area (Å²) in [7, 11) is 3.97. The maximum atomic E-state index is 13.1. The van der Waals surface area contributed by atoms with Crippen molar-refractivity contribution in [3.63, 3.8) is 0 Å². The Bertz CT molecular complexity index is 1510. The Morgan fingerprint density at radius 2 is 1.90 bits per heavy atom. The standard InChI is InChI=1S/C27H27ClN8O3S/c1-35(2)12-13-36-27(32-33-34-36)40-17-19-4-3-5-20(14-19)25(38)30-24-11-8-21(28)15-23(24)26(39)31-29-16-18-6-9-22(37)10-7-18/h3-11,14-16,37H,12-13,17H2,1-2H3,(H,30,38)(H,31,39)/b29-16+. The Hall–Kier alpha value is -4.26. The fourth-order valence-corrected chi connectivity index (χ4v) is 4.50. The molecule has 3 N–H and O–H groups in total. The molecule has 11 nitrogen and oxygen atoms in total. The van der Waals surface area contributed by atoms with Crippen LogP contribution in [0.25, 0.3) is 0 Å². The third kappa shape index (κ3) is 8.12. The number of aromatic hydroxyl groups is 1. The van der Waals surface area contributed by atoms with Crippen molar-refractivity contribution in [3.8, 4) is 5.75 Å². The number of aromatic nitrogens is 4. The number of hydrogen-bond acceptors (Lipinski definition) is 9. The first-order chi connectivity index (χ1) is 19.3. The average molecular weight is 579 g/mol. The zero-order chi connectivity index (χ0) is 28.5. The number of carbonyl (C=O) groups excluding carboxylic acids is 2. The van der Waals surface area contributed by atoms with Crippen molar-refractivity contribution < 1.29 is 14.7 Å². The van der Waals surface area contributed by atoms with Gasteiger partial charge in [-0.05, 0) is 90.2 Å². The van der Waals surface area contributed by atoms with Crippen LogP contribution in [0.3, 0.4) is 0 Å². The van der Waals surface area contributed by atoms with Crippen LogP contribution in [0.2, 0.25) is 5.02 Å². The predicted octanol–water partition coefficient (Wildman–Crippen LogP) is 3.90. The fourth-order valence-electron chi connectivity index (χ4n) is 3.48. The summed E-state index contributed by atoms with van der Waals surface area (Å²) in [6.07, 6.45) is 1.43. The van der Waals surface area contributed by atoms with Gasteiger partial charge in [0.1, 0.15) is 5.75 Å². The average Bonchev–Trinajstić information content (AvgIpc) is 3.40. The number of nitrogens with zero attached hydrogens (tertiary/aromatic N) is 6. The van der Waals surface area contributed by atoms with Crippen LogP contribution in [0.4, 0.5) is 5.69 Å². The molecule has 0 bridgehead atoms. The molecule has 0 saturated carbocycles. The Morgan fingerprint density at radius 3 is 2.67 bits per heavy atom. The van der Waals surface area contributed by atoms with E-state index in [9.17, 15) is 14.7 Å². The quantitative estimate of drug-likeness (QED) is 0.138. The number of thioether (sulfide) groups is 1. The number of amides is 2. The Balaban J connectivity index is 1.41. The summed E-state index contributed by atoms with van der Waals surface area (Å²) in [5.74, 6) is -0.240. The third-order valence-corrected chi connectivity index (χ3v) is 6.83. The number of rotatable bonds is 11. The van der Waals surface area contributed by atoms with Crippen LogP contribution in [-0.2, 0) is 12.3 Å². The van der Waals surface area contributed by atoms with E-state index in [2.05, 4.69) is 36.3 Å². The highest BCUT2D eigenvalue weighted by molar-refractivity contribution is 7.98. The van der Waals surface area contributed by atoms with Crippen molar-refractivity contribution in [1.82, 2.24) is 30.5 Å². The topological polar surface area (TPSA) is 138 Å². The van der Waals surface area contributed by atoms with Crippen molar-refractivity contribution in [2.45, 2.75) is 17.5 Å². The molecule has 0 unspecified atom stereocenters. The molecule has 0 spiro atoms. The molecule has 40 heavy (non-hydrogen) atoms. The fraction of sp³-hybridized carbons (Fsp3) is 0.185. The van der Waals surface area contributed by atoms with Crippen molar-refractivity contribution in [2.75, 3.05) is 26.0 Å². The Morgan fingerprint density at radius 1 is 1.10 bits per heavy atom. The van der Waals surface area contributed by atoms with Crippen LogP contribution in [0, 0.1) is 0 Å². The highest BCUT2D eigenvalue weighted by Gasteiger charge is 2.16. The van der Waals surface area contributed by atoms with Crippen molar-refractivity contribution in [3.05, 3.63) is 94.0 Å². The maximum Gasteiger partial charge on any atom is 0.273 e. The van der Waals surface area contributed by atoms with E-state index in [1.807, 2.05) is 20.2 Å². The van der Waals surface area contributed by atoms with Crippen LogP contribution in [0.15, 0.2) is 77.0 Å². The second-order valence-corrected chi connectivity index (χ2v) is 10.3. The minimum Gasteiger partial charge on any atom is -0.508 e. The first-order valence-corrected chi connectivity index (χ1v) is 13.5. The van der Waals surface area contributed by atoms with Gasteiger partial charge in [0, 0.05) is 22.9 Å². The molecule has 0 atom stereocenters. The molecule has 0 saturated heterocycles. The largest absolute Gasteiger partial charge is 0.508 e. The molecule has 2 amide bonds. The van der Waals surface area contributed by atoms with Gasteiger partial charge in [-0.1, -0.05) is 35.5 Å². The van der Waals surface area contributed by atoms with Crippen LogP contribution >= 0.6 is 23.4 Å². The molecule has 4 aromatic rings. The number of carbonyl (C=O) groups is 2. The molecule has 0 aliphatic heterocycles. The lowest BCUT2D eigenvalue weighted by atomic mass is 10.1. The number of benzene rings is 3. The zero-order valence-corrected chi connectivity index (χ0v) is 23.4. The second kappa shape index (κ2) is 13.7. The molecule has 3 aromatic carbocycles. The number of nitrogens with one attached hydrogen (secondary N) is 2. The SMILES string of the molecule is CN(C)CCn1nnnc1SCc1cccc(C(=O)Nc2ccc(Cl)cc2C(=O)N/N=C/c2ccc(O)cc2)c1. The molecule has 0 aliphatic rings. The van der Waals surface area contributed by atoms with Crippen LogP contribution in [-0.4, -0.2) is 68.9 Å². The summed E-state index contributed by atoms with van der Waals surface area (Å²) < 4.78 is 1.75. The molecule has 13 heteroatoms.